The predicted molar refractivity (Wildman–Crippen MR) is 159 cm³/mol. The van der Waals surface area contributed by atoms with Crippen LogP contribution in [-0.4, -0.2) is 0 Å². The molecule has 0 aliphatic carbocycles. The van der Waals surface area contributed by atoms with E-state index in [0.717, 1.165) is 86.9 Å². The number of rotatable bonds is 2. The van der Waals surface area contributed by atoms with Gasteiger partial charge >= 0.3 is 0 Å². The van der Waals surface area contributed by atoms with Gasteiger partial charge in [-0.15, -0.1) is 0 Å². The van der Waals surface area contributed by atoms with Crippen LogP contribution in [0.15, 0.2) is 118 Å². The van der Waals surface area contributed by atoms with Crippen molar-refractivity contribution in [2.45, 2.75) is 0 Å². The summed E-state index contributed by atoms with van der Waals surface area (Å²) in [6.07, 6.45) is 0. The molecule has 0 amide bonds. The maximum atomic E-state index is 6.30. The fourth-order valence-corrected chi connectivity index (χ4v) is 5.71. The van der Waals surface area contributed by atoms with E-state index in [1.807, 2.05) is 36.4 Å². The van der Waals surface area contributed by atoms with Crippen molar-refractivity contribution >= 4 is 77.5 Å². The van der Waals surface area contributed by atoms with Gasteiger partial charge in [-0.05, 0) is 105 Å². The number of hydrogen-bond acceptors (Lipinski definition) is 2. The molecule has 0 atom stereocenters. The van der Waals surface area contributed by atoms with Crippen LogP contribution < -0.4 is 0 Å². The Morgan fingerprint density at radius 2 is 0.763 bits per heavy atom. The van der Waals surface area contributed by atoms with Gasteiger partial charge in [0.1, 0.15) is 22.7 Å². The topological polar surface area (TPSA) is 26.3 Å². The van der Waals surface area contributed by atoms with Crippen LogP contribution in [0.1, 0.15) is 0 Å². The molecule has 0 saturated carbocycles. The van der Waals surface area contributed by atoms with Gasteiger partial charge in [0.05, 0.1) is 0 Å². The smallest absolute Gasteiger partial charge is 0.135 e. The molecule has 38 heavy (non-hydrogen) atoms. The summed E-state index contributed by atoms with van der Waals surface area (Å²) in [7, 11) is 0. The van der Waals surface area contributed by atoms with Crippen molar-refractivity contribution in [1.29, 1.82) is 0 Å². The Morgan fingerprint density at radius 3 is 1.26 bits per heavy atom. The highest BCUT2D eigenvalue weighted by molar-refractivity contribution is 6.31. The van der Waals surface area contributed by atoms with Gasteiger partial charge in [0.15, 0.2) is 0 Å². The highest BCUT2D eigenvalue weighted by atomic mass is 35.5. The molecule has 0 aliphatic rings. The summed E-state index contributed by atoms with van der Waals surface area (Å²) in [5.41, 5.74) is 3.78. The highest BCUT2D eigenvalue weighted by Crippen LogP contribution is 2.36. The molecule has 0 fully saturated rings. The Kier molecular flexibility index (Phi) is 4.66. The molecular formula is C34H18Cl2O2. The zero-order valence-electron chi connectivity index (χ0n) is 20.0. The highest BCUT2D eigenvalue weighted by Gasteiger charge is 2.12. The van der Waals surface area contributed by atoms with Gasteiger partial charge in [0, 0.05) is 31.9 Å². The van der Waals surface area contributed by atoms with Gasteiger partial charge in [-0.2, -0.15) is 0 Å². The molecule has 8 aromatic rings. The van der Waals surface area contributed by atoms with E-state index in [9.17, 15) is 0 Å². The molecule has 0 saturated heterocycles. The van der Waals surface area contributed by atoms with E-state index in [1.165, 1.54) is 0 Å². The molecule has 6 aromatic carbocycles. The van der Waals surface area contributed by atoms with Crippen LogP contribution in [0, 0.1) is 0 Å². The number of furan rings is 2. The third kappa shape index (κ3) is 3.57. The van der Waals surface area contributed by atoms with Crippen LogP contribution in [0.2, 0.25) is 10.0 Å². The van der Waals surface area contributed by atoms with Crippen molar-refractivity contribution in [2.75, 3.05) is 0 Å². The monoisotopic (exact) mass is 528 g/mol. The summed E-state index contributed by atoms with van der Waals surface area (Å²) in [6, 6.07) is 37.2. The Hall–Kier alpha value is -4.24. The van der Waals surface area contributed by atoms with Gasteiger partial charge in [-0.25, -0.2) is 0 Å². The second-order valence-electron chi connectivity index (χ2n) is 9.76. The van der Waals surface area contributed by atoms with E-state index < -0.39 is 0 Å². The predicted octanol–water partition coefficient (Wildman–Crippen LogP) is 11.3. The minimum atomic E-state index is 0.737. The van der Waals surface area contributed by atoms with Crippen molar-refractivity contribution in [3.63, 3.8) is 0 Å². The maximum absolute atomic E-state index is 6.30. The van der Waals surface area contributed by atoms with Crippen LogP contribution in [0.5, 0.6) is 0 Å². The third-order valence-electron chi connectivity index (χ3n) is 7.28. The van der Waals surface area contributed by atoms with Crippen molar-refractivity contribution < 1.29 is 8.83 Å². The summed E-state index contributed by atoms with van der Waals surface area (Å²) in [5, 5.41) is 10.3. The fourth-order valence-electron chi connectivity index (χ4n) is 5.35. The van der Waals surface area contributed by atoms with Crippen molar-refractivity contribution in [3.05, 3.63) is 119 Å². The minimum Gasteiger partial charge on any atom is -0.456 e. The standard InChI is InChI=1S/C34H18Cl2O2/c35-29-7-5-19-9-23(3-1-21(19)13-29)31-17-27-11-25-12-28-18-32(38-34(28)16-26(25)15-33(27)37-31)24-4-2-22-14-30(36)8-6-20(22)10-24/h1-18H. The van der Waals surface area contributed by atoms with E-state index in [-0.39, 0.29) is 0 Å². The first kappa shape index (κ1) is 21.8. The van der Waals surface area contributed by atoms with E-state index in [4.69, 9.17) is 32.0 Å². The normalized spacial score (nSPS) is 11.9. The summed E-state index contributed by atoms with van der Waals surface area (Å²) in [4.78, 5) is 0. The van der Waals surface area contributed by atoms with Crippen LogP contribution in [0.25, 0.3) is 76.9 Å². The molecular weight excluding hydrogens is 511 g/mol. The fraction of sp³-hybridized carbons (Fsp3) is 0. The minimum absolute atomic E-state index is 0.737. The molecule has 2 heterocycles. The van der Waals surface area contributed by atoms with Gasteiger partial charge in [-0.3, -0.25) is 0 Å². The molecule has 4 heteroatoms. The summed E-state index contributed by atoms with van der Waals surface area (Å²) >= 11 is 12.3. The summed E-state index contributed by atoms with van der Waals surface area (Å²) in [5.74, 6) is 1.69. The number of halogens is 2. The van der Waals surface area contributed by atoms with Gasteiger partial charge in [0.2, 0.25) is 0 Å². The van der Waals surface area contributed by atoms with Crippen LogP contribution in [0.3, 0.4) is 0 Å². The SMILES string of the molecule is Clc1ccc2cc(-c3cc4cc5cc6cc(-c7ccc8cc(Cl)ccc8c7)oc6cc5cc4o3)ccc2c1. The van der Waals surface area contributed by atoms with Crippen molar-refractivity contribution in [1.82, 2.24) is 0 Å². The Morgan fingerprint density at radius 1 is 0.342 bits per heavy atom. The zero-order chi connectivity index (χ0) is 25.4. The molecule has 0 spiro atoms. The van der Waals surface area contributed by atoms with Gasteiger partial charge < -0.3 is 8.83 Å². The number of fused-ring (bicyclic) bond motifs is 5. The van der Waals surface area contributed by atoms with Gasteiger partial charge in [-0.1, -0.05) is 59.6 Å². The van der Waals surface area contributed by atoms with E-state index in [1.54, 1.807) is 0 Å². The number of benzene rings is 6. The van der Waals surface area contributed by atoms with Crippen LogP contribution >= 0.6 is 23.2 Å². The van der Waals surface area contributed by atoms with Crippen molar-refractivity contribution in [2.24, 2.45) is 0 Å². The molecule has 0 N–H and O–H groups in total. The largest absolute Gasteiger partial charge is 0.456 e. The summed E-state index contributed by atoms with van der Waals surface area (Å²) in [6.45, 7) is 0. The molecule has 8 rings (SSSR count). The lowest BCUT2D eigenvalue weighted by Gasteiger charge is -2.02. The third-order valence-corrected chi connectivity index (χ3v) is 7.75. The lowest BCUT2D eigenvalue weighted by molar-refractivity contribution is 0.631. The summed E-state index contributed by atoms with van der Waals surface area (Å²) < 4.78 is 12.6. The van der Waals surface area contributed by atoms with Crippen LogP contribution in [-0.2, 0) is 0 Å². The Balaban J connectivity index is 1.21. The first-order valence-electron chi connectivity index (χ1n) is 12.4. The Labute approximate surface area is 227 Å². The lowest BCUT2D eigenvalue weighted by Crippen LogP contribution is -1.76. The molecule has 2 aromatic heterocycles. The zero-order valence-corrected chi connectivity index (χ0v) is 21.5. The molecule has 0 unspecified atom stereocenters. The van der Waals surface area contributed by atoms with Crippen LogP contribution in [0.4, 0.5) is 0 Å². The maximum Gasteiger partial charge on any atom is 0.135 e. The number of hydrogen-bond donors (Lipinski definition) is 0. The molecule has 0 bridgehead atoms. The molecule has 2 nitrogen and oxygen atoms in total. The second-order valence-corrected chi connectivity index (χ2v) is 10.6. The van der Waals surface area contributed by atoms with Gasteiger partial charge in [0.25, 0.3) is 0 Å². The molecule has 180 valence electrons. The average molecular weight is 529 g/mol. The lowest BCUT2D eigenvalue weighted by atomic mass is 10.0. The quantitative estimate of drug-likeness (QED) is 0.223. The molecule has 0 radical (unpaired) electrons. The van der Waals surface area contributed by atoms with E-state index in [0.29, 0.717) is 0 Å². The first-order valence-corrected chi connectivity index (χ1v) is 13.1. The van der Waals surface area contributed by atoms with Crippen molar-refractivity contribution in [3.8, 4) is 22.6 Å². The molecule has 0 aliphatic heterocycles. The first-order chi connectivity index (χ1) is 18.6. The Bertz CT molecular complexity index is 1990. The van der Waals surface area contributed by atoms with E-state index >= 15 is 0 Å². The van der Waals surface area contributed by atoms with E-state index in [2.05, 4.69) is 72.8 Å². The average Bonchev–Trinajstić information content (AvgIpc) is 3.53. The second kappa shape index (κ2) is 8.13.